The van der Waals surface area contributed by atoms with Crippen LogP contribution in [0, 0.1) is 5.92 Å². The van der Waals surface area contributed by atoms with E-state index < -0.39 is 0 Å². The Kier molecular flexibility index (Phi) is 2.63. The number of nitrogens with zero attached hydrogens (tertiary/aromatic N) is 2. The highest BCUT2D eigenvalue weighted by molar-refractivity contribution is 5.97. The van der Waals surface area contributed by atoms with Gasteiger partial charge in [0.1, 0.15) is 5.69 Å². The molecule has 0 saturated carbocycles. The number of hydrogen-bond donors (Lipinski definition) is 1. The second-order valence-corrected chi connectivity index (χ2v) is 3.66. The normalized spacial score (nSPS) is 16.6. The van der Waals surface area contributed by atoms with E-state index in [1.807, 2.05) is 6.07 Å². The van der Waals surface area contributed by atoms with Crippen LogP contribution in [0.3, 0.4) is 0 Å². The third-order valence-corrected chi connectivity index (χ3v) is 2.56. The number of hydrogen-bond acceptors (Lipinski definition) is 3. The molecule has 0 spiro atoms. The predicted molar refractivity (Wildman–Crippen MR) is 53.2 cm³/mol. The third kappa shape index (κ3) is 1.57. The Morgan fingerprint density at radius 1 is 1.71 bits per heavy atom. The molecule has 1 aromatic heterocycles. The minimum Gasteiger partial charge on any atom is -0.315 e. The first kappa shape index (κ1) is 9.40. The van der Waals surface area contributed by atoms with Crippen LogP contribution in [0.4, 0.5) is 0 Å². The van der Waals surface area contributed by atoms with Crippen molar-refractivity contribution < 1.29 is 4.79 Å². The van der Waals surface area contributed by atoms with E-state index in [2.05, 4.69) is 17.3 Å². The van der Waals surface area contributed by atoms with Crippen LogP contribution in [0.5, 0.6) is 0 Å². The maximum absolute atomic E-state index is 11.9. The molecule has 1 aliphatic heterocycles. The molecule has 1 saturated heterocycles. The standard InChI is InChI=1S/C10H15N3O/c1-2-5-13-9(3-4-12-13)10(14)8-6-11-7-8/h3-4,8,11H,2,5-7H2,1H3. The van der Waals surface area contributed by atoms with Crippen LogP contribution in [0.15, 0.2) is 12.3 Å². The van der Waals surface area contributed by atoms with E-state index >= 15 is 0 Å². The molecule has 0 aliphatic carbocycles. The van der Waals surface area contributed by atoms with Crippen molar-refractivity contribution in [2.24, 2.45) is 5.92 Å². The van der Waals surface area contributed by atoms with Crippen molar-refractivity contribution in [3.8, 4) is 0 Å². The fourth-order valence-corrected chi connectivity index (χ4v) is 1.62. The summed E-state index contributed by atoms with van der Waals surface area (Å²) in [6.45, 7) is 4.54. The first-order chi connectivity index (χ1) is 6.83. The van der Waals surface area contributed by atoms with Gasteiger partial charge in [0, 0.05) is 31.7 Å². The Bertz CT molecular complexity index is 328. The van der Waals surface area contributed by atoms with Crippen LogP contribution >= 0.6 is 0 Å². The molecule has 0 bridgehead atoms. The van der Waals surface area contributed by atoms with E-state index in [4.69, 9.17) is 0 Å². The first-order valence-electron chi connectivity index (χ1n) is 5.09. The molecule has 2 heterocycles. The monoisotopic (exact) mass is 193 g/mol. The second kappa shape index (κ2) is 3.92. The Morgan fingerprint density at radius 2 is 2.50 bits per heavy atom. The molecule has 1 fully saturated rings. The van der Waals surface area contributed by atoms with Crippen molar-refractivity contribution in [2.45, 2.75) is 19.9 Å². The largest absolute Gasteiger partial charge is 0.315 e. The topological polar surface area (TPSA) is 46.9 Å². The lowest BCUT2D eigenvalue weighted by atomic mass is 9.96. The van der Waals surface area contributed by atoms with Gasteiger partial charge in [-0.15, -0.1) is 0 Å². The summed E-state index contributed by atoms with van der Waals surface area (Å²) in [5, 5.41) is 7.25. The molecule has 76 valence electrons. The van der Waals surface area contributed by atoms with Gasteiger partial charge in [-0.1, -0.05) is 6.92 Å². The fourth-order valence-electron chi connectivity index (χ4n) is 1.62. The number of aromatic nitrogens is 2. The molecule has 4 heteroatoms. The van der Waals surface area contributed by atoms with Gasteiger partial charge in [-0.3, -0.25) is 9.48 Å². The smallest absolute Gasteiger partial charge is 0.186 e. The van der Waals surface area contributed by atoms with Crippen LogP contribution in [0.1, 0.15) is 23.8 Å². The number of carbonyl (C=O) groups excluding carboxylic acids is 1. The summed E-state index contributed by atoms with van der Waals surface area (Å²) in [5.74, 6) is 0.400. The van der Waals surface area contributed by atoms with Gasteiger partial charge in [-0.2, -0.15) is 5.10 Å². The molecule has 2 rings (SSSR count). The van der Waals surface area contributed by atoms with Crippen LogP contribution in [0.25, 0.3) is 0 Å². The molecule has 4 nitrogen and oxygen atoms in total. The summed E-state index contributed by atoms with van der Waals surface area (Å²) in [6, 6.07) is 1.82. The summed E-state index contributed by atoms with van der Waals surface area (Å²) in [6.07, 6.45) is 2.71. The number of nitrogens with one attached hydrogen (secondary N) is 1. The van der Waals surface area contributed by atoms with Crippen molar-refractivity contribution >= 4 is 5.78 Å². The highest BCUT2D eigenvalue weighted by Gasteiger charge is 2.27. The molecule has 0 amide bonds. The lowest BCUT2D eigenvalue weighted by molar-refractivity contribution is 0.0866. The molecule has 0 radical (unpaired) electrons. The Morgan fingerprint density at radius 3 is 3.07 bits per heavy atom. The van der Waals surface area contributed by atoms with Gasteiger partial charge in [0.25, 0.3) is 0 Å². The van der Waals surface area contributed by atoms with Crippen molar-refractivity contribution in [3.05, 3.63) is 18.0 Å². The van der Waals surface area contributed by atoms with E-state index in [0.717, 1.165) is 31.7 Å². The van der Waals surface area contributed by atoms with Gasteiger partial charge in [0.05, 0.1) is 0 Å². The average Bonchev–Trinajstić information content (AvgIpc) is 2.49. The molecule has 0 unspecified atom stereocenters. The number of ketones is 1. The summed E-state index contributed by atoms with van der Waals surface area (Å²) < 4.78 is 1.81. The number of carbonyl (C=O) groups is 1. The van der Waals surface area contributed by atoms with Gasteiger partial charge in [0.2, 0.25) is 0 Å². The van der Waals surface area contributed by atoms with Crippen molar-refractivity contribution in [1.82, 2.24) is 15.1 Å². The summed E-state index contributed by atoms with van der Waals surface area (Å²) in [5.41, 5.74) is 0.762. The molecule has 1 N–H and O–H groups in total. The van der Waals surface area contributed by atoms with Crippen LogP contribution in [-0.2, 0) is 6.54 Å². The van der Waals surface area contributed by atoms with Gasteiger partial charge < -0.3 is 5.32 Å². The second-order valence-electron chi connectivity index (χ2n) is 3.66. The predicted octanol–water partition coefficient (Wildman–Crippen LogP) is 0.695. The van der Waals surface area contributed by atoms with E-state index in [0.29, 0.717) is 0 Å². The zero-order valence-electron chi connectivity index (χ0n) is 8.36. The van der Waals surface area contributed by atoms with Gasteiger partial charge in [0.15, 0.2) is 5.78 Å². The summed E-state index contributed by atoms with van der Waals surface area (Å²) in [7, 11) is 0. The Hall–Kier alpha value is -1.16. The van der Waals surface area contributed by atoms with Crippen molar-refractivity contribution in [3.63, 3.8) is 0 Å². The average molecular weight is 193 g/mol. The minimum absolute atomic E-state index is 0.169. The zero-order valence-corrected chi connectivity index (χ0v) is 8.36. The van der Waals surface area contributed by atoms with E-state index in [-0.39, 0.29) is 11.7 Å². The van der Waals surface area contributed by atoms with Gasteiger partial charge >= 0.3 is 0 Å². The molecule has 0 aromatic carbocycles. The minimum atomic E-state index is 0.169. The Labute approximate surface area is 83.3 Å². The number of rotatable bonds is 4. The maximum atomic E-state index is 11.9. The highest BCUT2D eigenvalue weighted by Crippen LogP contribution is 2.12. The molecular weight excluding hydrogens is 178 g/mol. The van der Waals surface area contributed by atoms with Crippen LogP contribution < -0.4 is 5.32 Å². The molecule has 1 aromatic rings. The van der Waals surface area contributed by atoms with Gasteiger partial charge in [-0.25, -0.2) is 0 Å². The summed E-state index contributed by atoms with van der Waals surface area (Å²) >= 11 is 0. The van der Waals surface area contributed by atoms with Crippen LogP contribution in [-0.4, -0.2) is 28.7 Å². The number of aryl methyl sites for hydroxylation is 1. The number of Topliss-reactive ketones (excluding diaryl/α,β-unsaturated/α-hetero) is 1. The quantitative estimate of drug-likeness (QED) is 0.716. The van der Waals surface area contributed by atoms with Crippen molar-refractivity contribution in [2.75, 3.05) is 13.1 Å². The molecule has 1 aliphatic rings. The molecule has 0 atom stereocenters. The van der Waals surface area contributed by atoms with Crippen molar-refractivity contribution in [1.29, 1.82) is 0 Å². The lowest BCUT2D eigenvalue weighted by Crippen LogP contribution is -2.47. The van der Waals surface area contributed by atoms with E-state index in [1.165, 1.54) is 0 Å². The van der Waals surface area contributed by atoms with Gasteiger partial charge in [-0.05, 0) is 12.5 Å². The molecule has 14 heavy (non-hydrogen) atoms. The maximum Gasteiger partial charge on any atom is 0.186 e. The fraction of sp³-hybridized carbons (Fsp3) is 0.600. The van der Waals surface area contributed by atoms with E-state index in [1.54, 1.807) is 10.9 Å². The Balaban J connectivity index is 2.13. The highest BCUT2D eigenvalue weighted by atomic mass is 16.1. The molecular formula is C10H15N3O. The lowest BCUT2D eigenvalue weighted by Gasteiger charge is -2.25. The van der Waals surface area contributed by atoms with E-state index in [9.17, 15) is 4.79 Å². The third-order valence-electron chi connectivity index (χ3n) is 2.56. The van der Waals surface area contributed by atoms with Crippen LogP contribution in [0.2, 0.25) is 0 Å². The first-order valence-corrected chi connectivity index (χ1v) is 5.09. The zero-order chi connectivity index (χ0) is 9.97. The summed E-state index contributed by atoms with van der Waals surface area (Å²) in [4.78, 5) is 11.9. The SMILES string of the molecule is CCCn1nccc1C(=O)C1CNC1.